The van der Waals surface area contributed by atoms with Crippen molar-refractivity contribution in [1.82, 2.24) is 10.2 Å². The maximum absolute atomic E-state index is 12.7. The first-order valence-corrected chi connectivity index (χ1v) is 10.2. The van der Waals surface area contributed by atoms with E-state index in [1.165, 1.54) is 0 Å². The molecule has 0 spiro atoms. The van der Waals surface area contributed by atoms with Crippen molar-refractivity contribution < 1.29 is 13.2 Å². The van der Waals surface area contributed by atoms with Crippen LogP contribution in [0.4, 0.5) is 5.69 Å². The van der Waals surface area contributed by atoms with Gasteiger partial charge in [-0.1, -0.05) is 18.2 Å². The van der Waals surface area contributed by atoms with Crippen LogP contribution in [0, 0.1) is 11.8 Å². The molecule has 0 unspecified atom stereocenters. The Morgan fingerprint density at radius 1 is 0.963 bits per heavy atom. The Balaban J connectivity index is 0.00000210. The first-order valence-electron chi connectivity index (χ1n) is 8.71. The molecule has 144 valence electrons. The van der Waals surface area contributed by atoms with E-state index in [0.717, 1.165) is 26.2 Å². The Hall–Kier alpha value is -2.09. The van der Waals surface area contributed by atoms with Crippen LogP contribution in [0.1, 0.15) is 10.4 Å². The van der Waals surface area contributed by atoms with Gasteiger partial charge in [0.1, 0.15) is 0 Å². The van der Waals surface area contributed by atoms with Gasteiger partial charge in [-0.3, -0.25) is 9.52 Å². The van der Waals surface area contributed by atoms with E-state index in [4.69, 9.17) is 0 Å². The van der Waals surface area contributed by atoms with Gasteiger partial charge >= 0.3 is 0 Å². The SMILES string of the molecule is Cl.O=C(c1ccc(NS(=O)(=O)c2ccccc2)cc1)N1C[C@H]2CNC[C@H]2C1. The zero-order chi connectivity index (χ0) is 18.1. The molecule has 4 rings (SSSR count). The van der Waals surface area contributed by atoms with Crippen molar-refractivity contribution in [2.45, 2.75) is 4.90 Å². The first-order chi connectivity index (χ1) is 12.5. The quantitative estimate of drug-likeness (QED) is 0.814. The Labute approximate surface area is 165 Å². The molecule has 2 aromatic carbocycles. The average molecular weight is 408 g/mol. The fourth-order valence-corrected chi connectivity index (χ4v) is 4.78. The number of halogens is 1. The van der Waals surface area contributed by atoms with Gasteiger partial charge in [-0.25, -0.2) is 8.42 Å². The Morgan fingerprint density at radius 3 is 2.15 bits per heavy atom. The predicted molar refractivity (Wildman–Crippen MR) is 107 cm³/mol. The van der Waals surface area contributed by atoms with E-state index in [9.17, 15) is 13.2 Å². The fourth-order valence-electron chi connectivity index (χ4n) is 3.70. The molecular weight excluding hydrogens is 386 g/mol. The molecule has 0 aliphatic carbocycles. The van der Waals surface area contributed by atoms with E-state index in [0.29, 0.717) is 23.1 Å². The van der Waals surface area contributed by atoms with Crippen LogP contribution in [0.15, 0.2) is 59.5 Å². The smallest absolute Gasteiger partial charge is 0.261 e. The predicted octanol–water partition coefficient (Wildman–Crippen LogP) is 2.20. The molecule has 0 aromatic heterocycles. The number of carbonyl (C=O) groups excluding carboxylic acids is 1. The highest BCUT2D eigenvalue weighted by atomic mass is 35.5. The lowest BCUT2D eigenvalue weighted by Gasteiger charge is -2.18. The highest BCUT2D eigenvalue weighted by Gasteiger charge is 2.38. The van der Waals surface area contributed by atoms with E-state index in [1.807, 2.05) is 4.90 Å². The molecule has 6 nitrogen and oxygen atoms in total. The minimum atomic E-state index is -3.62. The number of nitrogens with zero attached hydrogens (tertiary/aromatic N) is 1. The van der Waals surface area contributed by atoms with Gasteiger partial charge in [-0.15, -0.1) is 12.4 Å². The summed E-state index contributed by atoms with van der Waals surface area (Å²) in [4.78, 5) is 14.8. The van der Waals surface area contributed by atoms with Crippen LogP contribution in [-0.2, 0) is 10.0 Å². The monoisotopic (exact) mass is 407 g/mol. The minimum Gasteiger partial charge on any atom is -0.338 e. The summed E-state index contributed by atoms with van der Waals surface area (Å²) in [7, 11) is -3.62. The van der Waals surface area contributed by atoms with Crippen LogP contribution in [0.5, 0.6) is 0 Å². The number of nitrogens with one attached hydrogen (secondary N) is 2. The van der Waals surface area contributed by atoms with Crippen molar-refractivity contribution in [3.8, 4) is 0 Å². The molecule has 2 N–H and O–H groups in total. The normalized spacial score (nSPS) is 21.4. The molecular formula is C19H22ClN3O3S. The highest BCUT2D eigenvalue weighted by Crippen LogP contribution is 2.27. The van der Waals surface area contributed by atoms with Crippen molar-refractivity contribution in [2.24, 2.45) is 11.8 Å². The molecule has 2 fully saturated rings. The number of hydrogen-bond donors (Lipinski definition) is 2. The van der Waals surface area contributed by atoms with Crippen LogP contribution in [0.2, 0.25) is 0 Å². The summed E-state index contributed by atoms with van der Waals surface area (Å²) in [6.45, 7) is 3.54. The molecule has 2 aliphatic heterocycles. The van der Waals surface area contributed by atoms with E-state index in [1.54, 1.807) is 54.6 Å². The number of sulfonamides is 1. The third kappa shape index (κ3) is 4.10. The molecule has 2 aromatic rings. The minimum absolute atomic E-state index is 0. The Morgan fingerprint density at radius 2 is 1.56 bits per heavy atom. The van der Waals surface area contributed by atoms with Gasteiger partial charge < -0.3 is 10.2 Å². The standard InChI is InChI=1S/C19H21N3O3S.ClH/c23-19(22-12-15-10-20-11-16(15)13-22)14-6-8-17(9-7-14)21-26(24,25)18-4-2-1-3-5-18;/h1-9,15-16,20-21H,10-13H2;1H/t15-,16+;. The summed E-state index contributed by atoms with van der Waals surface area (Å²) >= 11 is 0. The highest BCUT2D eigenvalue weighted by molar-refractivity contribution is 7.92. The maximum Gasteiger partial charge on any atom is 0.261 e. The number of fused-ring (bicyclic) bond motifs is 1. The zero-order valence-electron chi connectivity index (χ0n) is 14.7. The molecule has 27 heavy (non-hydrogen) atoms. The summed E-state index contributed by atoms with van der Waals surface area (Å²) < 4.78 is 27.2. The summed E-state index contributed by atoms with van der Waals surface area (Å²) in [5, 5.41) is 3.36. The zero-order valence-corrected chi connectivity index (χ0v) is 16.3. The van der Waals surface area contributed by atoms with Crippen molar-refractivity contribution in [3.05, 3.63) is 60.2 Å². The lowest BCUT2D eigenvalue weighted by Crippen LogP contribution is -2.31. The van der Waals surface area contributed by atoms with Crippen LogP contribution in [0.25, 0.3) is 0 Å². The van der Waals surface area contributed by atoms with Crippen molar-refractivity contribution in [3.63, 3.8) is 0 Å². The van der Waals surface area contributed by atoms with Gasteiger partial charge in [0.2, 0.25) is 0 Å². The third-order valence-corrected chi connectivity index (χ3v) is 6.51. The fraction of sp³-hybridized carbons (Fsp3) is 0.316. The molecule has 2 saturated heterocycles. The van der Waals surface area contributed by atoms with E-state index >= 15 is 0 Å². The second-order valence-corrected chi connectivity index (χ2v) is 8.57. The number of benzene rings is 2. The Bertz CT molecular complexity index is 892. The molecule has 8 heteroatoms. The summed E-state index contributed by atoms with van der Waals surface area (Å²) in [5.41, 5.74) is 1.02. The number of hydrogen-bond acceptors (Lipinski definition) is 4. The average Bonchev–Trinajstić information content (AvgIpc) is 3.24. The van der Waals surface area contributed by atoms with Crippen LogP contribution < -0.4 is 10.0 Å². The van der Waals surface area contributed by atoms with Crippen molar-refractivity contribution in [2.75, 3.05) is 30.9 Å². The number of rotatable bonds is 4. The third-order valence-electron chi connectivity index (χ3n) is 5.11. The van der Waals surface area contributed by atoms with Gasteiger partial charge in [-0.05, 0) is 48.2 Å². The number of anilines is 1. The van der Waals surface area contributed by atoms with Gasteiger partial charge in [0, 0.05) is 37.4 Å². The Kier molecular flexibility index (Phi) is 5.74. The lowest BCUT2D eigenvalue weighted by atomic mass is 10.0. The summed E-state index contributed by atoms with van der Waals surface area (Å²) in [5.74, 6) is 1.11. The molecule has 1 amide bonds. The second-order valence-electron chi connectivity index (χ2n) is 6.88. The molecule has 0 radical (unpaired) electrons. The molecule has 2 heterocycles. The first kappa shape index (κ1) is 19.7. The second kappa shape index (κ2) is 7.88. The van der Waals surface area contributed by atoms with Gasteiger partial charge in [0.25, 0.3) is 15.9 Å². The number of carbonyl (C=O) groups is 1. The maximum atomic E-state index is 12.7. The van der Waals surface area contributed by atoms with Crippen LogP contribution in [-0.4, -0.2) is 45.4 Å². The number of amides is 1. The topological polar surface area (TPSA) is 78.5 Å². The van der Waals surface area contributed by atoms with Crippen molar-refractivity contribution >= 4 is 34.0 Å². The van der Waals surface area contributed by atoms with E-state index in [-0.39, 0.29) is 23.2 Å². The lowest BCUT2D eigenvalue weighted by molar-refractivity contribution is 0.0781. The number of likely N-dealkylation sites (tertiary alicyclic amines) is 1. The van der Waals surface area contributed by atoms with E-state index in [2.05, 4.69) is 10.0 Å². The van der Waals surface area contributed by atoms with Gasteiger partial charge in [-0.2, -0.15) is 0 Å². The van der Waals surface area contributed by atoms with Gasteiger partial charge in [0.15, 0.2) is 0 Å². The molecule has 0 saturated carbocycles. The molecule has 2 aliphatic rings. The summed E-state index contributed by atoms with van der Waals surface area (Å²) in [6.07, 6.45) is 0. The van der Waals surface area contributed by atoms with Crippen LogP contribution >= 0.6 is 12.4 Å². The van der Waals surface area contributed by atoms with E-state index < -0.39 is 10.0 Å². The molecule has 0 bridgehead atoms. The molecule has 2 atom stereocenters. The van der Waals surface area contributed by atoms with Crippen molar-refractivity contribution in [1.29, 1.82) is 0 Å². The largest absolute Gasteiger partial charge is 0.338 e. The van der Waals surface area contributed by atoms with Gasteiger partial charge in [0.05, 0.1) is 4.90 Å². The van der Waals surface area contributed by atoms with Crippen LogP contribution in [0.3, 0.4) is 0 Å². The summed E-state index contributed by atoms with van der Waals surface area (Å²) in [6, 6.07) is 14.8.